The molecule has 0 aliphatic carbocycles. The van der Waals surface area contributed by atoms with Gasteiger partial charge in [-0.15, -0.1) is 5.10 Å². The molecule has 2 rings (SSSR count). The van der Waals surface area contributed by atoms with Gasteiger partial charge in [0.05, 0.1) is 6.20 Å². The first kappa shape index (κ1) is 13.0. The average Bonchev–Trinajstić information content (AvgIpc) is 2.82. The van der Waals surface area contributed by atoms with Crippen molar-refractivity contribution in [2.45, 2.75) is 27.3 Å². The van der Waals surface area contributed by atoms with Crippen molar-refractivity contribution in [2.24, 2.45) is 0 Å². The highest BCUT2D eigenvalue weighted by Crippen LogP contribution is 2.23. The van der Waals surface area contributed by atoms with Gasteiger partial charge in [0.25, 0.3) is 0 Å². The topological polar surface area (TPSA) is 47.8 Å². The van der Waals surface area contributed by atoms with Crippen LogP contribution in [-0.4, -0.2) is 20.8 Å². The molecule has 1 heterocycles. The van der Waals surface area contributed by atoms with E-state index >= 15 is 0 Å². The minimum Gasteiger partial charge on any atom is -0.287 e. The largest absolute Gasteiger partial charge is 0.287 e. The third-order valence-corrected chi connectivity index (χ3v) is 4.10. The van der Waals surface area contributed by atoms with E-state index in [1.54, 1.807) is 4.68 Å². The first-order chi connectivity index (χ1) is 8.54. The summed E-state index contributed by atoms with van der Waals surface area (Å²) >= 11 is 3.50. The van der Waals surface area contributed by atoms with E-state index in [-0.39, 0.29) is 5.78 Å². The SMILES string of the molecule is CCn1nncc1C(=O)c1cc(C)c(Br)c(C)c1. The fourth-order valence-electron chi connectivity index (χ4n) is 1.89. The second-order valence-corrected chi connectivity index (χ2v) is 4.98. The van der Waals surface area contributed by atoms with Gasteiger partial charge in [0.2, 0.25) is 5.78 Å². The molecule has 0 fully saturated rings. The molecule has 0 aliphatic rings. The van der Waals surface area contributed by atoms with Gasteiger partial charge in [-0.1, -0.05) is 21.1 Å². The highest BCUT2D eigenvalue weighted by molar-refractivity contribution is 9.10. The molecule has 1 aromatic carbocycles. The van der Waals surface area contributed by atoms with E-state index in [0.717, 1.165) is 15.6 Å². The Balaban J connectivity index is 2.47. The Labute approximate surface area is 114 Å². The van der Waals surface area contributed by atoms with Gasteiger partial charge in [0.1, 0.15) is 5.69 Å². The molecule has 0 saturated heterocycles. The van der Waals surface area contributed by atoms with Crippen LogP contribution in [-0.2, 0) is 6.54 Å². The lowest BCUT2D eigenvalue weighted by Gasteiger charge is -2.07. The van der Waals surface area contributed by atoms with Crippen LogP contribution in [0.3, 0.4) is 0 Å². The Bertz CT molecular complexity index is 581. The van der Waals surface area contributed by atoms with Gasteiger partial charge in [0, 0.05) is 16.6 Å². The number of aryl methyl sites for hydroxylation is 3. The molecule has 1 aromatic heterocycles. The maximum absolute atomic E-state index is 12.4. The second kappa shape index (κ2) is 5.02. The molecule has 94 valence electrons. The lowest BCUT2D eigenvalue weighted by Crippen LogP contribution is -2.11. The smallest absolute Gasteiger partial charge is 0.212 e. The molecule has 18 heavy (non-hydrogen) atoms. The molecular formula is C13H14BrN3O. The van der Waals surface area contributed by atoms with Crippen LogP contribution in [0.15, 0.2) is 22.8 Å². The monoisotopic (exact) mass is 307 g/mol. The molecule has 0 unspecified atom stereocenters. The van der Waals surface area contributed by atoms with E-state index in [4.69, 9.17) is 0 Å². The van der Waals surface area contributed by atoms with Crippen LogP contribution in [0.25, 0.3) is 0 Å². The number of aromatic nitrogens is 3. The van der Waals surface area contributed by atoms with Gasteiger partial charge in [-0.2, -0.15) is 0 Å². The quantitative estimate of drug-likeness (QED) is 0.819. The summed E-state index contributed by atoms with van der Waals surface area (Å²) in [5.74, 6) is -0.0412. The summed E-state index contributed by atoms with van der Waals surface area (Å²) in [6.45, 7) is 6.52. The number of rotatable bonds is 3. The number of halogens is 1. The van der Waals surface area contributed by atoms with Crippen LogP contribution in [0.2, 0.25) is 0 Å². The molecule has 0 saturated carbocycles. The molecular weight excluding hydrogens is 294 g/mol. The van der Waals surface area contributed by atoms with E-state index in [9.17, 15) is 4.79 Å². The molecule has 0 atom stereocenters. The van der Waals surface area contributed by atoms with Gasteiger partial charge in [-0.3, -0.25) is 4.79 Å². The Morgan fingerprint density at radius 3 is 2.50 bits per heavy atom. The lowest BCUT2D eigenvalue weighted by molar-refractivity contribution is 0.102. The van der Waals surface area contributed by atoms with E-state index in [1.807, 2.05) is 32.9 Å². The highest BCUT2D eigenvalue weighted by Gasteiger charge is 2.16. The number of carbonyl (C=O) groups is 1. The van der Waals surface area contributed by atoms with E-state index in [0.29, 0.717) is 17.8 Å². The number of carbonyl (C=O) groups excluding carboxylic acids is 1. The fraction of sp³-hybridized carbons (Fsp3) is 0.308. The average molecular weight is 308 g/mol. The molecule has 0 radical (unpaired) electrons. The number of hydrogen-bond acceptors (Lipinski definition) is 3. The molecule has 4 nitrogen and oxygen atoms in total. The van der Waals surface area contributed by atoms with Crippen LogP contribution < -0.4 is 0 Å². The summed E-state index contributed by atoms with van der Waals surface area (Å²) in [4.78, 5) is 12.4. The zero-order chi connectivity index (χ0) is 13.3. The number of benzene rings is 1. The zero-order valence-corrected chi connectivity index (χ0v) is 12.2. The van der Waals surface area contributed by atoms with Crippen LogP contribution >= 0.6 is 15.9 Å². The van der Waals surface area contributed by atoms with Gasteiger partial charge in [-0.25, -0.2) is 4.68 Å². The van der Waals surface area contributed by atoms with Crippen molar-refractivity contribution in [1.29, 1.82) is 0 Å². The maximum atomic E-state index is 12.4. The number of hydrogen-bond donors (Lipinski definition) is 0. The van der Waals surface area contributed by atoms with Crippen molar-refractivity contribution in [3.8, 4) is 0 Å². The molecule has 2 aromatic rings. The maximum Gasteiger partial charge on any atom is 0.212 e. The minimum atomic E-state index is -0.0412. The number of nitrogens with zero attached hydrogens (tertiary/aromatic N) is 3. The van der Waals surface area contributed by atoms with Crippen LogP contribution in [0.4, 0.5) is 0 Å². The van der Waals surface area contributed by atoms with Crippen molar-refractivity contribution < 1.29 is 4.79 Å². The number of ketones is 1. The van der Waals surface area contributed by atoms with E-state index < -0.39 is 0 Å². The first-order valence-corrected chi connectivity index (χ1v) is 6.53. The standard InChI is InChI=1S/C13H14BrN3O/c1-4-17-11(7-15-16-17)13(18)10-5-8(2)12(14)9(3)6-10/h5-7H,4H2,1-3H3. The molecule has 0 amide bonds. The van der Waals surface area contributed by atoms with Gasteiger partial charge in [0.15, 0.2) is 0 Å². The minimum absolute atomic E-state index is 0.0412. The van der Waals surface area contributed by atoms with Crippen molar-refractivity contribution in [1.82, 2.24) is 15.0 Å². The normalized spacial score (nSPS) is 10.7. The van der Waals surface area contributed by atoms with Gasteiger partial charge >= 0.3 is 0 Å². The van der Waals surface area contributed by atoms with Crippen molar-refractivity contribution >= 4 is 21.7 Å². The third kappa shape index (κ3) is 2.22. The van der Waals surface area contributed by atoms with Gasteiger partial charge < -0.3 is 0 Å². The summed E-state index contributed by atoms with van der Waals surface area (Å²) < 4.78 is 2.65. The van der Waals surface area contributed by atoms with Crippen LogP contribution in [0, 0.1) is 13.8 Å². The summed E-state index contributed by atoms with van der Waals surface area (Å²) in [6.07, 6.45) is 1.51. The summed E-state index contributed by atoms with van der Waals surface area (Å²) in [6, 6.07) is 3.76. The second-order valence-electron chi connectivity index (χ2n) is 4.19. The lowest BCUT2D eigenvalue weighted by atomic mass is 10.0. The van der Waals surface area contributed by atoms with Crippen LogP contribution in [0.1, 0.15) is 34.1 Å². The fourth-order valence-corrected chi connectivity index (χ4v) is 2.12. The summed E-state index contributed by atoms with van der Waals surface area (Å²) in [7, 11) is 0. The summed E-state index contributed by atoms with van der Waals surface area (Å²) in [5.41, 5.74) is 3.30. The van der Waals surface area contributed by atoms with Crippen molar-refractivity contribution in [2.75, 3.05) is 0 Å². The molecule has 0 aliphatic heterocycles. The van der Waals surface area contributed by atoms with Crippen molar-refractivity contribution in [3.05, 3.63) is 45.2 Å². The van der Waals surface area contributed by atoms with E-state index in [1.165, 1.54) is 6.20 Å². The van der Waals surface area contributed by atoms with Crippen LogP contribution in [0.5, 0.6) is 0 Å². The first-order valence-electron chi connectivity index (χ1n) is 5.74. The summed E-state index contributed by atoms with van der Waals surface area (Å²) in [5, 5.41) is 7.67. The zero-order valence-electron chi connectivity index (χ0n) is 10.6. The third-order valence-electron chi connectivity index (χ3n) is 2.85. The predicted molar refractivity (Wildman–Crippen MR) is 72.7 cm³/mol. The molecule has 0 N–H and O–H groups in total. The Kier molecular flexibility index (Phi) is 3.61. The predicted octanol–water partition coefficient (Wildman–Crippen LogP) is 2.91. The molecule has 5 heteroatoms. The highest BCUT2D eigenvalue weighted by atomic mass is 79.9. The Morgan fingerprint density at radius 1 is 1.33 bits per heavy atom. The Morgan fingerprint density at radius 2 is 1.94 bits per heavy atom. The van der Waals surface area contributed by atoms with E-state index in [2.05, 4.69) is 26.2 Å². The van der Waals surface area contributed by atoms with Gasteiger partial charge in [-0.05, 0) is 44.0 Å². The molecule has 0 spiro atoms. The Hall–Kier alpha value is -1.49. The van der Waals surface area contributed by atoms with Crippen molar-refractivity contribution in [3.63, 3.8) is 0 Å². The molecule has 0 bridgehead atoms.